The quantitative estimate of drug-likeness (QED) is 0.342. The van der Waals surface area contributed by atoms with E-state index in [1.54, 1.807) is 0 Å². The summed E-state index contributed by atoms with van der Waals surface area (Å²) in [7, 11) is 0. The number of ether oxygens (including phenoxy) is 3. The summed E-state index contributed by atoms with van der Waals surface area (Å²) in [6.45, 7) is 19.0. The van der Waals surface area contributed by atoms with Crippen LogP contribution in [0.15, 0.2) is 11.6 Å². The topological polar surface area (TPSA) is 85.5 Å². The maximum Gasteiger partial charge on any atom is 0.302 e. The van der Waals surface area contributed by atoms with Crippen molar-refractivity contribution in [3.8, 4) is 0 Å². The van der Waals surface area contributed by atoms with Gasteiger partial charge < -0.3 is 14.2 Å². The monoisotopic (exact) mass is 526 g/mol. The Labute approximate surface area is 227 Å². The Hall–Kier alpha value is -1.53. The number of hydrogen-bond acceptors (Lipinski definition) is 6. The summed E-state index contributed by atoms with van der Waals surface area (Å²) < 4.78 is 18.1. The van der Waals surface area contributed by atoms with E-state index in [0.29, 0.717) is 18.6 Å². The van der Waals surface area contributed by atoms with E-state index in [9.17, 15) is 14.4 Å². The van der Waals surface area contributed by atoms with Gasteiger partial charge in [-0.05, 0) is 80.3 Å². The molecule has 0 amide bonds. The molecule has 0 spiro atoms. The van der Waals surface area contributed by atoms with Crippen LogP contribution in [0.4, 0.5) is 0 Å². The summed E-state index contributed by atoms with van der Waals surface area (Å²) in [4.78, 5) is 39.1. The third-order valence-electron chi connectivity index (χ3n) is 12.8. The summed E-state index contributed by atoms with van der Waals surface area (Å²) in [5.41, 5.74) is -0.512. The van der Waals surface area contributed by atoms with Gasteiger partial charge in [0.2, 0.25) is 0 Å². The maximum atomic E-state index is 14.3. The molecule has 2 heterocycles. The summed E-state index contributed by atoms with van der Waals surface area (Å²) >= 11 is 0. The van der Waals surface area contributed by atoms with Crippen LogP contribution in [0.5, 0.6) is 0 Å². The van der Waals surface area contributed by atoms with Gasteiger partial charge in [-0.2, -0.15) is 0 Å². The Bertz CT molecular complexity index is 1150. The van der Waals surface area contributed by atoms with Crippen molar-refractivity contribution in [2.45, 2.75) is 130 Å². The molecule has 210 valence electrons. The number of carbonyl (C=O) groups is 3. The average molecular weight is 527 g/mol. The number of ketones is 2. The Morgan fingerprint density at radius 3 is 2.34 bits per heavy atom. The van der Waals surface area contributed by atoms with Gasteiger partial charge in [-0.3, -0.25) is 14.4 Å². The van der Waals surface area contributed by atoms with Crippen molar-refractivity contribution in [3.63, 3.8) is 0 Å². The number of allylic oxidation sites excluding steroid dienone is 1. The molecule has 1 unspecified atom stereocenters. The number of rotatable bonds is 5. The van der Waals surface area contributed by atoms with Crippen LogP contribution in [-0.2, 0) is 28.6 Å². The van der Waals surface area contributed by atoms with E-state index in [4.69, 9.17) is 14.2 Å². The van der Waals surface area contributed by atoms with Crippen LogP contribution in [0.1, 0.15) is 101 Å². The second-order valence-corrected chi connectivity index (χ2v) is 15.4. The van der Waals surface area contributed by atoms with Gasteiger partial charge in [0.15, 0.2) is 5.78 Å². The minimum atomic E-state index is -0.477. The molecule has 0 aromatic rings. The summed E-state index contributed by atoms with van der Waals surface area (Å²) in [6.07, 6.45) is 6.45. The number of Topliss-reactive ketones (excluding diaryl/α,β-unsaturated/α-hetero) is 1. The second-order valence-electron chi connectivity index (χ2n) is 15.4. The molecule has 0 radical (unpaired) electrons. The molecular weight excluding hydrogens is 480 g/mol. The molecular formula is C32H46O6. The smallest absolute Gasteiger partial charge is 0.302 e. The highest BCUT2D eigenvalue weighted by Gasteiger charge is 2.79. The first-order valence-electron chi connectivity index (χ1n) is 14.8. The molecule has 2 saturated heterocycles. The lowest BCUT2D eigenvalue weighted by Crippen LogP contribution is -2.64. The third kappa shape index (κ3) is 3.16. The van der Waals surface area contributed by atoms with Crippen molar-refractivity contribution in [2.24, 2.45) is 39.4 Å². The number of hydrogen-bond donors (Lipinski definition) is 0. The highest BCUT2D eigenvalue weighted by atomic mass is 16.6. The first kappa shape index (κ1) is 26.7. The maximum absolute atomic E-state index is 14.3. The highest BCUT2D eigenvalue weighted by molar-refractivity contribution is 5.97. The molecule has 10 atom stereocenters. The minimum Gasteiger partial charge on any atom is -0.460 e. The minimum absolute atomic E-state index is 0.0797. The molecule has 6 aliphatic rings. The standard InChI is InChI=1S/C32H46O6/c1-17(14-20(36-18(2)33)26-28(5,6)38-26)32-22-15-19(34)25-29(7)12-11-23(35)27(3,4)21(29)10-13-30(25,8)31(22,9)16-24(32)37-32/h15,17,20-21,24-26H,10-14,16H2,1-9H3/t17-,20+,21?,24+,25+,26-,29+,30+,31+,32-/m1/s1. The molecule has 0 aromatic carbocycles. The number of fused-ring (bicyclic) bond motifs is 7. The lowest BCUT2D eigenvalue weighted by Gasteiger charge is -2.66. The van der Waals surface area contributed by atoms with Crippen LogP contribution in [0.3, 0.4) is 0 Å². The largest absolute Gasteiger partial charge is 0.460 e. The zero-order valence-corrected chi connectivity index (χ0v) is 24.7. The van der Waals surface area contributed by atoms with Crippen molar-refractivity contribution < 1.29 is 28.6 Å². The van der Waals surface area contributed by atoms with Crippen molar-refractivity contribution in [1.29, 1.82) is 0 Å². The zero-order valence-electron chi connectivity index (χ0n) is 24.7. The molecule has 0 aromatic heterocycles. The fourth-order valence-electron chi connectivity index (χ4n) is 10.6. The SMILES string of the molecule is CC(=O)O[C@@H](C[C@@H](C)[C@]12O[C@H]1C[C@@]1(C)C2=CC(=O)[C@H]2[C@@]3(C)CCC(=O)C(C)(C)C3CC[C@@]21C)[C@H]1OC1(C)C. The molecule has 3 saturated carbocycles. The van der Waals surface area contributed by atoms with Crippen molar-refractivity contribution in [1.82, 2.24) is 0 Å². The number of epoxide rings is 2. The van der Waals surface area contributed by atoms with Gasteiger partial charge in [-0.15, -0.1) is 0 Å². The third-order valence-corrected chi connectivity index (χ3v) is 12.8. The summed E-state index contributed by atoms with van der Waals surface area (Å²) in [6, 6.07) is 0. The zero-order chi connectivity index (χ0) is 27.8. The number of carbonyl (C=O) groups excluding carboxylic acids is 3. The Morgan fingerprint density at radius 2 is 1.74 bits per heavy atom. The first-order valence-corrected chi connectivity index (χ1v) is 14.8. The molecule has 6 heteroatoms. The van der Waals surface area contributed by atoms with E-state index in [-0.39, 0.29) is 75.1 Å². The second kappa shape index (κ2) is 7.60. The molecule has 38 heavy (non-hydrogen) atoms. The van der Waals surface area contributed by atoms with Gasteiger partial charge in [-0.1, -0.05) is 41.5 Å². The first-order chi connectivity index (χ1) is 17.4. The fraction of sp³-hybridized carbons (Fsp3) is 0.844. The molecule has 6 nitrogen and oxygen atoms in total. The Kier molecular flexibility index (Phi) is 5.34. The van der Waals surface area contributed by atoms with Gasteiger partial charge in [0.25, 0.3) is 0 Å². The van der Waals surface area contributed by atoms with Crippen LogP contribution in [-0.4, -0.2) is 47.0 Å². The van der Waals surface area contributed by atoms with E-state index in [1.165, 1.54) is 6.92 Å². The van der Waals surface area contributed by atoms with E-state index in [0.717, 1.165) is 31.3 Å². The predicted octanol–water partition coefficient (Wildman–Crippen LogP) is 5.61. The van der Waals surface area contributed by atoms with Gasteiger partial charge in [0.1, 0.15) is 23.6 Å². The van der Waals surface area contributed by atoms with Gasteiger partial charge in [-0.25, -0.2) is 0 Å². The van der Waals surface area contributed by atoms with Crippen LogP contribution in [0.2, 0.25) is 0 Å². The van der Waals surface area contributed by atoms with E-state index in [2.05, 4.69) is 41.5 Å². The molecule has 0 N–H and O–H groups in total. The summed E-state index contributed by atoms with van der Waals surface area (Å²) in [5.74, 6) is 0.497. The van der Waals surface area contributed by atoms with Crippen LogP contribution in [0, 0.1) is 39.4 Å². The van der Waals surface area contributed by atoms with Crippen molar-refractivity contribution in [2.75, 3.05) is 0 Å². The average Bonchev–Trinajstić information content (AvgIpc) is 3.64. The van der Waals surface area contributed by atoms with Crippen LogP contribution in [0.25, 0.3) is 0 Å². The van der Waals surface area contributed by atoms with Gasteiger partial charge >= 0.3 is 5.97 Å². The van der Waals surface area contributed by atoms with Gasteiger partial charge in [0, 0.05) is 30.1 Å². The number of esters is 1. The van der Waals surface area contributed by atoms with E-state index < -0.39 is 5.60 Å². The van der Waals surface area contributed by atoms with Gasteiger partial charge in [0.05, 0.1) is 11.7 Å². The molecule has 2 aliphatic heterocycles. The lowest BCUT2D eigenvalue weighted by atomic mass is 9.36. The van der Waals surface area contributed by atoms with Crippen molar-refractivity contribution in [3.05, 3.63) is 11.6 Å². The highest BCUT2D eigenvalue weighted by Crippen LogP contribution is 2.77. The molecule has 6 rings (SSSR count). The molecule has 0 bridgehead atoms. The Balaban J connectivity index is 1.35. The lowest BCUT2D eigenvalue weighted by molar-refractivity contribution is -0.182. The van der Waals surface area contributed by atoms with Crippen molar-refractivity contribution >= 4 is 17.5 Å². The van der Waals surface area contributed by atoms with E-state index >= 15 is 0 Å². The summed E-state index contributed by atoms with van der Waals surface area (Å²) in [5, 5.41) is 0. The van der Waals surface area contributed by atoms with E-state index in [1.807, 2.05) is 19.9 Å². The molecule has 5 fully saturated rings. The molecule has 4 aliphatic carbocycles. The fourth-order valence-corrected chi connectivity index (χ4v) is 10.6. The van der Waals surface area contributed by atoms with Crippen LogP contribution < -0.4 is 0 Å². The predicted molar refractivity (Wildman–Crippen MR) is 142 cm³/mol. The van der Waals surface area contributed by atoms with Crippen LogP contribution >= 0.6 is 0 Å². The Morgan fingerprint density at radius 1 is 1.08 bits per heavy atom. The normalized spacial score (nSPS) is 49.0.